The van der Waals surface area contributed by atoms with Crippen molar-refractivity contribution in [2.75, 3.05) is 31.2 Å². The number of carboxylic acids is 1. The molecule has 2 aliphatic heterocycles. The van der Waals surface area contributed by atoms with Crippen LogP contribution in [0.25, 0.3) is 0 Å². The molecule has 0 amide bonds. The van der Waals surface area contributed by atoms with E-state index in [1.807, 2.05) is 0 Å². The van der Waals surface area contributed by atoms with Crippen LogP contribution in [0.2, 0.25) is 0 Å². The molecular formula is C12H21NO5S. The minimum atomic E-state index is -2.80. The zero-order valence-electron chi connectivity index (χ0n) is 11.0. The normalized spacial score (nSPS) is 26.3. The summed E-state index contributed by atoms with van der Waals surface area (Å²) in [4.78, 5) is 12.8. The lowest BCUT2D eigenvalue weighted by Gasteiger charge is -2.38. The van der Waals surface area contributed by atoms with Gasteiger partial charge in [-0.15, -0.1) is 0 Å². The third-order valence-corrected chi connectivity index (χ3v) is 5.68. The first kappa shape index (κ1) is 14.7. The van der Waals surface area contributed by atoms with Gasteiger partial charge in [0.2, 0.25) is 0 Å². The first-order chi connectivity index (χ1) is 8.96. The summed E-state index contributed by atoms with van der Waals surface area (Å²) in [6.45, 7) is 1.51. The van der Waals surface area contributed by atoms with Crippen molar-refractivity contribution < 1.29 is 23.1 Å². The predicted molar refractivity (Wildman–Crippen MR) is 69.9 cm³/mol. The van der Waals surface area contributed by atoms with E-state index in [4.69, 9.17) is 9.84 Å². The fourth-order valence-electron chi connectivity index (χ4n) is 2.84. The van der Waals surface area contributed by atoms with Crippen molar-refractivity contribution in [3.63, 3.8) is 0 Å². The second-order valence-corrected chi connectivity index (χ2v) is 7.63. The van der Waals surface area contributed by atoms with Gasteiger partial charge in [0.15, 0.2) is 0 Å². The third kappa shape index (κ3) is 4.43. The molecule has 0 unspecified atom stereocenters. The Hall–Kier alpha value is -0.660. The molecule has 0 aromatic heterocycles. The van der Waals surface area contributed by atoms with E-state index in [1.54, 1.807) is 0 Å². The van der Waals surface area contributed by atoms with Crippen molar-refractivity contribution >= 4 is 15.8 Å². The molecule has 0 aliphatic carbocycles. The van der Waals surface area contributed by atoms with Gasteiger partial charge in [-0.3, -0.25) is 0 Å². The number of piperidine rings is 1. The highest BCUT2D eigenvalue weighted by atomic mass is 32.2. The minimum Gasteiger partial charge on any atom is -0.480 e. The highest BCUT2D eigenvalue weighted by Gasteiger charge is 2.30. The van der Waals surface area contributed by atoms with Gasteiger partial charge in [-0.1, -0.05) is 0 Å². The van der Waals surface area contributed by atoms with Crippen molar-refractivity contribution in [1.29, 1.82) is 0 Å². The third-order valence-electron chi connectivity index (χ3n) is 3.96. The van der Waals surface area contributed by atoms with Gasteiger partial charge in [0, 0.05) is 19.1 Å². The molecule has 0 saturated carbocycles. The maximum atomic E-state index is 11.4. The lowest BCUT2D eigenvalue weighted by molar-refractivity contribution is -0.145. The zero-order chi connectivity index (χ0) is 13.9. The van der Waals surface area contributed by atoms with Gasteiger partial charge in [-0.2, -0.15) is 0 Å². The van der Waals surface area contributed by atoms with E-state index < -0.39 is 15.8 Å². The Balaban J connectivity index is 1.73. The molecule has 1 N–H and O–H groups in total. The molecule has 110 valence electrons. The number of sulfone groups is 1. The van der Waals surface area contributed by atoms with Crippen molar-refractivity contribution in [3.05, 3.63) is 0 Å². The van der Waals surface area contributed by atoms with Crippen LogP contribution in [-0.2, 0) is 19.4 Å². The number of ether oxygens (including phenoxy) is 1. The Kier molecular flexibility index (Phi) is 4.81. The molecule has 19 heavy (non-hydrogen) atoms. The number of likely N-dealkylation sites (tertiary alicyclic amines) is 1. The zero-order valence-corrected chi connectivity index (χ0v) is 11.8. The lowest BCUT2D eigenvalue weighted by atomic mass is 10.0. The van der Waals surface area contributed by atoms with Gasteiger partial charge in [-0.25, -0.2) is 13.2 Å². The average molecular weight is 291 g/mol. The van der Waals surface area contributed by atoms with E-state index in [2.05, 4.69) is 4.90 Å². The largest absolute Gasteiger partial charge is 0.480 e. The van der Waals surface area contributed by atoms with Crippen LogP contribution in [0.5, 0.6) is 0 Å². The van der Waals surface area contributed by atoms with Gasteiger partial charge in [0.05, 0.1) is 17.6 Å². The summed E-state index contributed by atoms with van der Waals surface area (Å²) in [5.41, 5.74) is 0. The van der Waals surface area contributed by atoms with Crippen LogP contribution < -0.4 is 0 Å². The number of hydrogen-bond acceptors (Lipinski definition) is 5. The summed E-state index contributed by atoms with van der Waals surface area (Å²) in [7, 11) is -2.80. The Bertz CT molecular complexity index is 400. The molecule has 0 radical (unpaired) electrons. The van der Waals surface area contributed by atoms with Crippen molar-refractivity contribution in [2.45, 2.75) is 37.8 Å². The van der Waals surface area contributed by atoms with Gasteiger partial charge in [-0.05, 0) is 25.7 Å². The topological polar surface area (TPSA) is 83.9 Å². The van der Waals surface area contributed by atoms with Crippen LogP contribution in [0.4, 0.5) is 0 Å². The van der Waals surface area contributed by atoms with Gasteiger partial charge in [0.1, 0.15) is 16.4 Å². The minimum absolute atomic E-state index is 0.0275. The fourth-order valence-corrected chi connectivity index (χ4v) is 4.31. The first-order valence-corrected chi connectivity index (χ1v) is 8.56. The molecule has 6 nitrogen and oxygen atoms in total. The Morgan fingerprint density at radius 3 is 2.26 bits per heavy atom. The fraction of sp³-hybridized carbons (Fsp3) is 0.917. The maximum Gasteiger partial charge on any atom is 0.329 e. The molecule has 0 aromatic rings. The smallest absolute Gasteiger partial charge is 0.329 e. The van der Waals surface area contributed by atoms with Gasteiger partial charge in [0.25, 0.3) is 0 Å². The average Bonchev–Trinajstić information content (AvgIpc) is 2.37. The number of hydrogen-bond donors (Lipinski definition) is 1. The Morgan fingerprint density at radius 2 is 1.74 bits per heavy atom. The molecule has 2 rings (SSSR count). The van der Waals surface area contributed by atoms with Gasteiger partial charge >= 0.3 is 5.97 Å². The summed E-state index contributed by atoms with van der Waals surface area (Å²) < 4.78 is 28.1. The molecular weight excluding hydrogens is 270 g/mol. The predicted octanol–water partition coefficient (Wildman–Crippen LogP) is 0.129. The van der Waals surface area contributed by atoms with Gasteiger partial charge < -0.3 is 14.7 Å². The molecule has 2 heterocycles. The summed E-state index contributed by atoms with van der Waals surface area (Å²) in [6.07, 6.45) is 3.14. The molecule has 7 heteroatoms. The second-order valence-electron chi connectivity index (χ2n) is 5.32. The number of rotatable bonds is 4. The van der Waals surface area contributed by atoms with E-state index in [0.717, 1.165) is 38.8 Å². The molecule has 0 spiro atoms. The number of carbonyl (C=O) groups is 1. The first-order valence-electron chi connectivity index (χ1n) is 6.74. The Labute approximate surface area is 113 Å². The van der Waals surface area contributed by atoms with E-state index >= 15 is 0 Å². The van der Waals surface area contributed by atoms with Crippen molar-refractivity contribution in [3.8, 4) is 0 Å². The van der Waals surface area contributed by atoms with Crippen LogP contribution in [0.3, 0.4) is 0 Å². The summed E-state index contributed by atoms with van der Waals surface area (Å²) in [6, 6.07) is 0.365. The molecule has 2 fully saturated rings. The van der Waals surface area contributed by atoms with E-state index in [1.165, 1.54) is 0 Å². The highest BCUT2D eigenvalue weighted by molar-refractivity contribution is 7.91. The van der Waals surface area contributed by atoms with Crippen LogP contribution >= 0.6 is 0 Å². The standard InChI is InChI=1S/C12H21NO5S/c14-12(15)9-18-11-1-5-13(6-2-11)10-3-7-19(16,17)8-4-10/h10-11H,1-9H2,(H,14,15). The van der Waals surface area contributed by atoms with Crippen LogP contribution in [0, 0.1) is 0 Å². The van der Waals surface area contributed by atoms with Crippen LogP contribution in [-0.4, -0.2) is 67.7 Å². The SMILES string of the molecule is O=C(O)COC1CCN(C2CCS(=O)(=O)CC2)CC1. The summed E-state index contributed by atoms with van der Waals surface area (Å²) >= 11 is 0. The molecule has 2 saturated heterocycles. The van der Waals surface area contributed by atoms with Crippen LogP contribution in [0.1, 0.15) is 25.7 Å². The molecule has 0 bridgehead atoms. The van der Waals surface area contributed by atoms with Crippen molar-refractivity contribution in [2.24, 2.45) is 0 Å². The van der Waals surface area contributed by atoms with E-state index in [9.17, 15) is 13.2 Å². The van der Waals surface area contributed by atoms with Crippen LogP contribution in [0.15, 0.2) is 0 Å². The number of aliphatic carboxylic acids is 1. The van der Waals surface area contributed by atoms with E-state index in [-0.39, 0.29) is 12.7 Å². The number of carboxylic acid groups (broad SMARTS) is 1. The molecule has 0 atom stereocenters. The summed E-state index contributed by atoms with van der Waals surface area (Å²) in [5.74, 6) is -0.333. The summed E-state index contributed by atoms with van der Waals surface area (Å²) in [5, 5.41) is 8.56. The molecule has 2 aliphatic rings. The quantitative estimate of drug-likeness (QED) is 0.792. The monoisotopic (exact) mass is 291 g/mol. The second kappa shape index (κ2) is 6.19. The molecule has 0 aromatic carbocycles. The lowest BCUT2D eigenvalue weighted by Crippen LogP contribution is -2.46. The maximum absolute atomic E-state index is 11.4. The Morgan fingerprint density at radius 1 is 1.16 bits per heavy atom. The van der Waals surface area contributed by atoms with E-state index in [0.29, 0.717) is 17.5 Å². The van der Waals surface area contributed by atoms with Crippen molar-refractivity contribution in [1.82, 2.24) is 4.90 Å². The highest BCUT2D eigenvalue weighted by Crippen LogP contribution is 2.23. The number of nitrogens with zero attached hydrogens (tertiary/aromatic N) is 1.